The first-order valence-corrected chi connectivity index (χ1v) is 8.32. The van der Waals surface area contributed by atoms with Crippen molar-refractivity contribution in [3.8, 4) is 0 Å². The average Bonchev–Trinajstić information content (AvgIpc) is 2.88. The van der Waals surface area contributed by atoms with Gasteiger partial charge in [-0.2, -0.15) is 0 Å². The summed E-state index contributed by atoms with van der Waals surface area (Å²) in [7, 11) is 1.29. The van der Waals surface area contributed by atoms with Gasteiger partial charge in [-0.25, -0.2) is 9.59 Å². The number of H-pyrrole nitrogens is 1. The Hall–Kier alpha value is -2.02. The van der Waals surface area contributed by atoms with Gasteiger partial charge in [-0.3, -0.25) is 0 Å². The Bertz CT molecular complexity index is 749. The number of hydrogen-bond donors (Lipinski definition) is 2. The molecule has 0 saturated heterocycles. The smallest absolute Gasteiger partial charge is 0.408 e. The molecule has 0 aliphatic carbocycles. The zero-order chi connectivity index (χ0) is 17.9. The lowest BCUT2D eigenvalue weighted by Gasteiger charge is -2.22. The maximum atomic E-state index is 12.0. The van der Waals surface area contributed by atoms with Gasteiger partial charge in [-0.15, -0.1) is 0 Å². The van der Waals surface area contributed by atoms with Crippen molar-refractivity contribution in [3.05, 3.63) is 34.4 Å². The van der Waals surface area contributed by atoms with E-state index in [1.54, 1.807) is 20.8 Å². The zero-order valence-corrected chi connectivity index (χ0v) is 15.7. The van der Waals surface area contributed by atoms with E-state index in [1.807, 2.05) is 24.4 Å². The molecule has 2 rings (SSSR count). The molecule has 24 heavy (non-hydrogen) atoms. The molecule has 0 aliphatic heterocycles. The number of carbonyl (C=O) groups is 2. The Labute approximate surface area is 149 Å². The number of esters is 1. The molecule has 0 spiro atoms. The van der Waals surface area contributed by atoms with Crippen molar-refractivity contribution in [2.75, 3.05) is 7.11 Å². The Morgan fingerprint density at radius 3 is 2.67 bits per heavy atom. The van der Waals surface area contributed by atoms with E-state index in [0.29, 0.717) is 0 Å². The lowest BCUT2D eigenvalue weighted by molar-refractivity contribution is -0.143. The molecule has 1 aromatic carbocycles. The van der Waals surface area contributed by atoms with Gasteiger partial charge in [-0.1, -0.05) is 22.0 Å². The first-order chi connectivity index (χ1) is 11.2. The second-order valence-corrected chi connectivity index (χ2v) is 7.26. The van der Waals surface area contributed by atoms with E-state index >= 15 is 0 Å². The molecule has 1 amide bonds. The summed E-state index contributed by atoms with van der Waals surface area (Å²) in [6, 6.07) is 4.95. The average molecular weight is 397 g/mol. The number of alkyl carbamates (subject to hydrolysis) is 1. The third-order valence-corrected chi connectivity index (χ3v) is 4.00. The monoisotopic (exact) mass is 396 g/mol. The van der Waals surface area contributed by atoms with Crippen LogP contribution in [0.1, 0.15) is 26.3 Å². The number of amides is 1. The third-order valence-electron chi connectivity index (χ3n) is 3.34. The van der Waals surface area contributed by atoms with Crippen molar-refractivity contribution in [2.45, 2.75) is 38.8 Å². The summed E-state index contributed by atoms with van der Waals surface area (Å²) < 4.78 is 10.9. The number of methoxy groups -OCH3 is 1. The van der Waals surface area contributed by atoms with E-state index in [1.165, 1.54) is 7.11 Å². The summed E-state index contributed by atoms with van der Waals surface area (Å²) >= 11 is 3.51. The van der Waals surface area contributed by atoms with E-state index in [0.717, 1.165) is 20.9 Å². The van der Waals surface area contributed by atoms with Gasteiger partial charge in [0.15, 0.2) is 0 Å². The van der Waals surface area contributed by atoms with Crippen molar-refractivity contribution < 1.29 is 19.1 Å². The molecule has 0 radical (unpaired) electrons. The van der Waals surface area contributed by atoms with Gasteiger partial charge in [0.05, 0.1) is 7.11 Å². The summed E-state index contributed by atoms with van der Waals surface area (Å²) in [5.74, 6) is -0.526. The maximum absolute atomic E-state index is 12.0. The van der Waals surface area contributed by atoms with Crippen LogP contribution in [0.25, 0.3) is 10.9 Å². The fourth-order valence-electron chi connectivity index (χ4n) is 2.37. The van der Waals surface area contributed by atoms with Crippen LogP contribution in [-0.4, -0.2) is 35.8 Å². The fourth-order valence-corrected chi connectivity index (χ4v) is 2.99. The Morgan fingerprint density at radius 1 is 1.33 bits per heavy atom. The van der Waals surface area contributed by atoms with Crippen molar-refractivity contribution in [3.63, 3.8) is 0 Å². The number of benzene rings is 1. The van der Waals surface area contributed by atoms with Crippen LogP contribution in [0.15, 0.2) is 28.9 Å². The van der Waals surface area contributed by atoms with E-state index < -0.39 is 23.7 Å². The van der Waals surface area contributed by atoms with Crippen LogP contribution in [-0.2, 0) is 20.7 Å². The fraction of sp³-hybridized carbons (Fsp3) is 0.412. The highest BCUT2D eigenvalue weighted by molar-refractivity contribution is 9.10. The largest absolute Gasteiger partial charge is 0.467 e. The molecule has 2 N–H and O–H groups in total. The van der Waals surface area contributed by atoms with Crippen molar-refractivity contribution in [1.82, 2.24) is 10.3 Å². The van der Waals surface area contributed by atoms with Gasteiger partial charge in [0.1, 0.15) is 11.6 Å². The van der Waals surface area contributed by atoms with Crippen LogP contribution in [0, 0.1) is 0 Å². The number of ether oxygens (including phenoxy) is 2. The minimum absolute atomic E-state index is 0.286. The van der Waals surface area contributed by atoms with Gasteiger partial charge >= 0.3 is 12.1 Å². The molecule has 7 heteroatoms. The highest BCUT2D eigenvalue weighted by atomic mass is 79.9. The molecular formula is C17H21BrN2O4. The number of aromatic amines is 1. The number of halogens is 1. The second kappa shape index (κ2) is 7.25. The molecule has 0 bridgehead atoms. The Morgan fingerprint density at radius 2 is 2.04 bits per heavy atom. The van der Waals surface area contributed by atoms with E-state index in [-0.39, 0.29) is 6.42 Å². The summed E-state index contributed by atoms with van der Waals surface area (Å²) in [5.41, 5.74) is 1.19. The quantitative estimate of drug-likeness (QED) is 0.774. The second-order valence-electron chi connectivity index (χ2n) is 6.40. The topological polar surface area (TPSA) is 80.4 Å². The molecule has 1 aromatic heterocycles. The number of hydrogen-bond acceptors (Lipinski definition) is 4. The van der Waals surface area contributed by atoms with Gasteiger partial charge in [-0.05, 0) is 38.5 Å². The van der Waals surface area contributed by atoms with Crippen molar-refractivity contribution >= 4 is 38.9 Å². The number of aromatic nitrogens is 1. The normalized spacial score (nSPS) is 12.7. The summed E-state index contributed by atoms with van der Waals surface area (Å²) in [6.07, 6.45) is 1.45. The van der Waals surface area contributed by atoms with Gasteiger partial charge < -0.3 is 19.8 Å². The number of carbonyl (C=O) groups excluding carboxylic acids is 2. The molecule has 1 unspecified atom stereocenters. The predicted octanol–water partition coefficient (Wildman–Crippen LogP) is 3.54. The van der Waals surface area contributed by atoms with Gasteiger partial charge in [0.2, 0.25) is 0 Å². The van der Waals surface area contributed by atoms with Crippen LogP contribution in [0.5, 0.6) is 0 Å². The molecule has 2 aromatic rings. The van der Waals surface area contributed by atoms with Crippen LogP contribution >= 0.6 is 15.9 Å². The van der Waals surface area contributed by atoms with Crippen LogP contribution in [0.3, 0.4) is 0 Å². The SMILES string of the molecule is COC(=O)C(Cc1c[nH]c2cccc(Br)c12)NC(=O)OC(C)(C)C. The highest BCUT2D eigenvalue weighted by Gasteiger charge is 2.26. The Balaban J connectivity index is 2.22. The lowest BCUT2D eigenvalue weighted by Crippen LogP contribution is -2.45. The minimum Gasteiger partial charge on any atom is -0.467 e. The van der Waals surface area contributed by atoms with E-state index in [2.05, 4.69) is 26.2 Å². The first-order valence-electron chi connectivity index (χ1n) is 7.53. The van der Waals surface area contributed by atoms with Gasteiger partial charge in [0, 0.05) is 28.0 Å². The van der Waals surface area contributed by atoms with Crippen LogP contribution in [0.4, 0.5) is 4.79 Å². The van der Waals surface area contributed by atoms with Crippen molar-refractivity contribution in [1.29, 1.82) is 0 Å². The maximum Gasteiger partial charge on any atom is 0.408 e. The first kappa shape index (κ1) is 18.3. The molecule has 1 atom stereocenters. The molecular weight excluding hydrogens is 376 g/mol. The summed E-state index contributed by atoms with van der Waals surface area (Å²) in [6.45, 7) is 5.28. The number of nitrogens with one attached hydrogen (secondary N) is 2. The third kappa shape index (κ3) is 4.50. The van der Waals surface area contributed by atoms with E-state index in [9.17, 15) is 9.59 Å². The molecule has 0 aliphatic rings. The number of fused-ring (bicyclic) bond motifs is 1. The molecule has 1 heterocycles. The lowest BCUT2D eigenvalue weighted by atomic mass is 10.1. The zero-order valence-electron chi connectivity index (χ0n) is 14.1. The predicted molar refractivity (Wildman–Crippen MR) is 94.9 cm³/mol. The van der Waals surface area contributed by atoms with Crippen LogP contribution in [0.2, 0.25) is 0 Å². The standard InChI is InChI=1S/C17H21BrN2O4/c1-17(2,3)24-16(22)20-13(15(21)23-4)8-10-9-19-12-7-5-6-11(18)14(10)12/h5-7,9,13,19H,8H2,1-4H3,(H,20,22). The summed E-state index contributed by atoms with van der Waals surface area (Å²) in [4.78, 5) is 27.2. The number of rotatable bonds is 4. The van der Waals surface area contributed by atoms with Crippen molar-refractivity contribution in [2.24, 2.45) is 0 Å². The van der Waals surface area contributed by atoms with Gasteiger partial charge in [0.25, 0.3) is 0 Å². The minimum atomic E-state index is -0.837. The molecule has 0 fully saturated rings. The Kier molecular flexibility index (Phi) is 5.54. The summed E-state index contributed by atoms with van der Waals surface area (Å²) in [5, 5.41) is 3.55. The molecule has 130 valence electrons. The molecule has 6 nitrogen and oxygen atoms in total. The highest BCUT2D eigenvalue weighted by Crippen LogP contribution is 2.27. The van der Waals surface area contributed by atoms with E-state index in [4.69, 9.17) is 9.47 Å². The molecule has 0 saturated carbocycles. The van der Waals surface area contributed by atoms with Crippen LogP contribution < -0.4 is 5.32 Å².